The van der Waals surface area contributed by atoms with Gasteiger partial charge in [-0.25, -0.2) is 4.79 Å². The predicted molar refractivity (Wildman–Crippen MR) is 45.8 cm³/mol. The van der Waals surface area contributed by atoms with Crippen LogP contribution < -0.4 is 0 Å². The van der Waals surface area contributed by atoms with Gasteiger partial charge in [-0.15, -0.1) is 0 Å². The average Bonchev–Trinajstić information content (AvgIpc) is 2.03. The molecule has 0 radical (unpaired) electrons. The SMILES string of the molecule is C=CC=CCCCC(=O)C(=O)O. The highest BCUT2D eigenvalue weighted by Gasteiger charge is 2.08. The maximum absolute atomic E-state index is 10.5. The van der Waals surface area contributed by atoms with E-state index in [-0.39, 0.29) is 6.42 Å². The zero-order valence-corrected chi connectivity index (χ0v) is 6.82. The summed E-state index contributed by atoms with van der Waals surface area (Å²) in [6, 6.07) is 0. The molecule has 0 rings (SSSR count). The second kappa shape index (κ2) is 6.34. The number of carbonyl (C=O) groups is 2. The van der Waals surface area contributed by atoms with Crippen LogP contribution in [-0.4, -0.2) is 16.9 Å². The lowest BCUT2D eigenvalue weighted by atomic mass is 10.2. The zero-order chi connectivity index (χ0) is 9.40. The second-order valence-corrected chi connectivity index (χ2v) is 2.28. The highest BCUT2D eigenvalue weighted by atomic mass is 16.4. The molecule has 0 aliphatic rings. The van der Waals surface area contributed by atoms with Crippen molar-refractivity contribution in [1.82, 2.24) is 0 Å². The largest absolute Gasteiger partial charge is 0.476 e. The van der Waals surface area contributed by atoms with Crippen molar-refractivity contribution in [2.75, 3.05) is 0 Å². The third-order valence-electron chi connectivity index (χ3n) is 1.29. The lowest BCUT2D eigenvalue weighted by Crippen LogP contribution is -2.11. The zero-order valence-electron chi connectivity index (χ0n) is 6.82. The van der Waals surface area contributed by atoms with Crippen molar-refractivity contribution < 1.29 is 14.7 Å². The maximum Gasteiger partial charge on any atom is 0.372 e. The minimum atomic E-state index is -1.34. The van der Waals surface area contributed by atoms with Crippen molar-refractivity contribution in [3.05, 3.63) is 24.8 Å². The van der Waals surface area contributed by atoms with Gasteiger partial charge >= 0.3 is 5.97 Å². The number of carboxylic acids is 1. The van der Waals surface area contributed by atoms with Crippen molar-refractivity contribution >= 4 is 11.8 Å². The van der Waals surface area contributed by atoms with Crippen LogP contribution in [0.5, 0.6) is 0 Å². The van der Waals surface area contributed by atoms with E-state index >= 15 is 0 Å². The van der Waals surface area contributed by atoms with E-state index in [2.05, 4.69) is 6.58 Å². The number of aliphatic carboxylic acids is 1. The van der Waals surface area contributed by atoms with E-state index in [4.69, 9.17) is 5.11 Å². The number of allylic oxidation sites excluding steroid dienone is 3. The van der Waals surface area contributed by atoms with Crippen LogP contribution in [0.1, 0.15) is 19.3 Å². The molecule has 3 heteroatoms. The first kappa shape index (κ1) is 10.6. The Kier molecular flexibility index (Phi) is 5.61. The molecule has 12 heavy (non-hydrogen) atoms. The van der Waals surface area contributed by atoms with E-state index in [1.54, 1.807) is 12.2 Å². The molecular formula is C9H12O3. The first-order valence-corrected chi connectivity index (χ1v) is 3.72. The first-order valence-electron chi connectivity index (χ1n) is 3.72. The van der Waals surface area contributed by atoms with Crippen LogP contribution >= 0.6 is 0 Å². The molecule has 3 nitrogen and oxygen atoms in total. The standard InChI is InChI=1S/C9H12O3/c1-2-3-4-5-6-7-8(10)9(11)12/h2-4H,1,5-7H2,(H,11,12). The molecular weight excluding hydrogens is 156 g/mol. The number of carbonyl (C=O) groups excluding carboxylic acids is 1. The molecule has 0 aromatic rings. The van der Waals surface area contributed by atoms with Gasteiger partial charge in [-0.2, -0.15) is 0 Å². The molecule has 0 aliphatic heterocycles. The summed E-state index contributed by atoms with van der Waals surface area (Å²) in [5, 5.41) is 8.20. The summed E-state index contributed by atoms with van der Waals surface area (Å²) in [4.78, 5) is 20.6. The van der Waals surface area contributed by atoms with E-state index in [1.165, 1.54) is 0 Å². The van der Waals surface area contributed by atoms with Crippen LogP contribution in [0.3, 0.4) is 0 Å². The van der Waals surface area contributed by atoms with Crippen LogP contribution in [0.2, 0.25) is 0 Å². The molecule has 0 heterocycles. The van der Waals surface area contributed by atoms with Crippen LogP contribution in [0.15, 0.2) is 24.8 Å². The Balaban J connectivity index is 3.44. The molecule has 0 aromatic carbocycles. The van der Waals surface area contributed by atoms with Gasteiger partial charge < -0.3 is 5.11 Å². The van der Waals surface area contributed by atoms with Gasteiger partial charge in [-0.1, -0.05) is 24.8 Å². The molecule has 0 saturated carbocycles. The molecule has 0 atom stereocenters. The number of rotatable bonds is 6. The smallest absolute Gasteiger partial charge is 0.372 e. The third-order valence-corrected chi connectivity index (χ3v) is 1.29. The Labute approximate surface area is 71.4 Å². The lowest BCUT2D eigenvalue weighted by Gasteiger charge is -1.91. The quantitative estimate of drug-likeness (QED) is 0.372. The van der Waals surface area contributed by atoms with Crippen LogP contribution in [0.4, 0.5) is 0 Å². The third kappa shape index (κ3) is 5.41. The van der Waals surface area contributed by atoms with E-state index in [1.807, 2.05) is 6.08 Å². The van der Waals surface area contributed by atoms with Gasteiger partial charge in [0.15, 0.2) is 0 Å². The van der Waals surface area contributed by atoms with Gasteiger partial charge in [-0.05, 0) is 12.8 Å². The van der Waals surface area contributed by atoms with Crippen LogP contribution in [-0.2, 0) is 9.59 Å². The Morgan fingerprint density at radius 1 is 1.42 bits per heavy atom. The Hall–Kier alpha value is -1.38. The van der Waals surface area contributed by atoms with Crippen molar-refractivity contribution in [1.29, 1.82) is 0 Å². The number of Topliss-reactive ketones (excluding diaryl/α,β-unsaturated/α-hetero) is 1. The molecule has 0 bridgehead atoms. The minimum absolute atomic E-state index is 0.108. The number of hydrogen-bond donors (Lipinski definition) is 1. The lowest BCUT2D eigenvalue weighted by molar-refractivity contribution is -0.149. The highest BCUT2D eigenvalue weighted by molar-refractivity contribution is 6.32. The molecule has 66 valence electrons. The Morgan fingerprint density at radius 2 is 2.08 bits per heavy atom. The van der Waals surface area contributed by atoms with Gasteiger partial charge in [0.1, 0.15) is 0 Å². The van der Waals surface area contributed by atoms with Gasteiger partial charge in [-0.3, -0.25) is 4.79 Å². The first-order chi connectivity index (χ1) is 5.68. The Bertz CT molecular complexity index is 204. The normalized spacial score (nSPS) is 10.0. The fourth-order valence-corrected chi connectivity index (χ4v) is 0.680. The van der Waals surface area contributed by atoms with Crippen molar-refractivity contribution in [3.63, 3.8) is 0 Å². The molecule has 0 saturated heterocycles. The van der Waals surface area contributed by atoms with Gasteiger partial charge in [0.25, 0.3) is 0 Å². The summed E-state index contributed by atoms with van der Waals surface area (Å²) in [5.74, 6) is -2.07. The summed E-state index contributed by atoms with van der Waals surface area (Å²) >= 11 is 0. The van der Waals surface area contributed by atoms with E-state index in [0.29, 0.717) is 12.8 Å². The maximum atomic E-state index is 10.5. The van der Waals surface area contributed by atoms with Gasteiger partial charge in [0.05, 0.1) is 0 Å². The topological polar surface area (TPSA) is 54.4 Å². The summed E-state index contributed by atoms with van der Waals surface area (Å²) in [5.41, 5.74) is 0. The van der Waals surface area contributed by atoms with E-state index in [0.717, 1.165) is 0 Å². The summed E-state index contributed by atoms with van der Waals surface area (Å²) in [6.07, 6.45) is 6.66. The molecule has 0 aliphatic carbocycles. The highest BCUT2D eigenvalue weighted by Crippen LogP contribution is 1.97. The molecule has 0 fully saturated rings. The fourth-order valence-electron chi connectivity index (χ4n) is 0.680. The molecule has 0 amide bonds. The van der Waals surface area contributed by atoms with Gasteiger partial charge in [0.2, 0.25) is 5.78 Å². The monoisotopic (exact) mass is 168 g/mol. The van der Waals surface area contributed by atoms with Crippen LogP contribution in [0, 0.1) is 0 Å². The van der Waals surface area contributed by atoms with Crippen LogP contribution in [0.25, 0.3) is 0 Å². The predicted octanol–water partition coefficient (Wildman–Crippen LogP) is 1.55. The number of ketones is 1. The van der Waals surface area contributed by atoms with Crippen molar-refractivity contribution in [3.8, 4) is 0 Å². The minimum Gasteiger partial charge on any atom is -0.476 e. The fraction of sp³-hybridized carbons (Fsp3) is 0.333. The summed E-state index contributed by atoms with van der Waals surface area (Å²) in [7, 11) is 0. The Morgan fingerprint density at radius 3 is 2.58 bits per heavy atom. The number of carboxylic acid groups (broad SMARTS) is 1. The second-order valence-electron chi connectivity index (χ2n) is 2.28. The van der Waals surface area contributed by atoms with Crippen molar-refractivity contribution in [2.24, 2.45) is 0 Å². The van der Waals surface area contributed by atoms with E-state index in [9.17, 15) is 9.59 Å². The number of hydrogen-bond acceptors (Lipinski definition) is 2. The summed E-state index contributed by atoms with van der Waals surface area (Å²) in [6.45, 7) is 3.47. The summed E-state index contributed by atoms with van der Waals surface area (Å²) < 4.78 is 0. The van der Waals surface area contributed by atoms with Gasteiger partial charge in [0, 0.05) is 6.42 Å². The van der Waals surface area contributed by atoms with E-state index < -0.39 is 11.8 Å². The molecule has 0 aromatic heterocycles. The average molecular weight is 168 g/mol. The number of unbranched alkanes of at least 4 members (excludes halogenated alkanes) is 1. The molecule has 0 unspecified atom stereocenters. The molecule has 1 N–H and O–H groups in total. The van der Waals surface area contributed by atoms with Crippen molar-refractivity contribution in [2.45, 2.75) is 19.3 Å². The molecule has 0 spiro atoms.